The average Bonchev–Trinajstić information content (AvgIpc) is 2.26. The van der Waals surface area contributed by atoms with Crippen LogP contribution in [-0.2, 0) is 9.59 Å². The number of carboxylic acid groups (broad SMARTS) is 1. The van der Waals surface area contributed by atoms with Crippen molar-refractivity contribution < 1.29 is 24.9 Å². The number of benzene rings is 1. The van der Waals surface area contributed by atoms with Gasteiger partial charge in [0, 0.05) is 0 Å². The predicted molar refractivity (Wildman–Crippen MR) is 60.0 cm³/mol. The first-order chi connectivity index (χ1) is 7.84. The van der Waals surface area contributed by atoms with Crippen LogP contribution in [0, 0.1) is 0 Å². The quantitative estimate of drug-likeness (QED) is 0.709. The van der Waals surface area contributed by atoms with E-state index >= 15 is 0 Å². The number of halogens is 1. The molecule has 0 aromatic heterocycles. The van der Waals surface area contributed by atoms with Gasteiger partial charge in [-0.3, -0.25) is 4.79 Å². The van der Waals surface area contributed by atoms with Gasteiger partial charge in [-0.2, -0.15) is 0 Å². The molecular formula is C11H11ClO5. The van der Waals surface area contributed by atoms with Crippen molar-refractivity contribution in [2.75, 3.05) is 0 Å². The molecule has 6 heteroatoms. The maximum Gasteiger partial charge on any atom is 0.337 e. The van der Waals surface area contributed by atoms with Gasteiger partial charge in [-0.15, -0.1) is 11.6 Å². The first-order valence-electron chi connectivity index (χ1n) is 4.72. The fourth-order valence-corrected chi connectivity index (χ4v) is 1.57. The van der Waals surface area contributed by atoms with E-state index in [1.54, 1.807) is 0 Å². The Kier molecular flexibility index (Phi) is 4.09. The molecule has 0 saturated carbocycles. The molecule has 1 aromatic carbocycles. The number of carbonyl (C=O) groups is 2. The summed E-state index contributed by atoms with van der Waals surface area (Å²) in [6, 6.07) is 3.61. The Morgan fingerprint density at radius 2 is 1.88 bits per heavy atom. The number of aliphatic hydroxyl groups excluding tert-OH is 1. The highest BCUT2D eigenvalue weighted by Crippen LogP contribution is 2.31. The van der Waals surface area contributed by atoms with Crippen LogP contribution in [0.25, 0.3) is 0 Å². The number of Topliss-reactive ketones (excluding diaryl/α,β-unsaturated/α-hetero) is 1. The smallest absolute Gasteiger partial charge is 0.337 e. The van der Waals surface area contributed by atoms with Gasteiger partial charge in [0.25, 0.3) is 0 Å². The van der Waals surface area contributed by atoms with Gasteiger partial charge in [0.05, 0.1) is 0 Å². The zero-order chi connectivity index (χ0) is 13.2. The molecule has 5 nitrogen and oxygen atoms in total. The van der Waals surface area contributed by atoms with E-state index in [1.807, 2.05) is 0 Å². The van der Waals surface area contributed by atoms with Crippen LogP contribution in [0.5, 0.6) is 5.75 Å². The number of alkyl halides is 1. The molecule has 0 aliphatic heterocycles. The first-order valence-corrected chi connectivity index (χ1v) is 5.16. The summed E-state index contributed by atoms with van der Waals surface area (Å²) in [5.74, 6) is -2.02. The average molecular weight is 259 g/mol. The zero-order valence-corrected chi connectivity index (χ0v) is 9.68. The van der Waals surface area contributed by atoms with E-state index in [9.17, 15) is 19.8 Å². The highest BCUT2D eigenvalue weighted by atomic mass is 35.5. The minimum Gasteiger partial charge on any atom is -0.508 e. The summed E-state index contributed by atoms with van der Waals surface area (Å²) >= 11 is 5.80. The Morgan fingerprint density at radius 1 is 1.29 bits per heavy atom. The number of hydrogen-bond donors (Lipinski definition) is 3. The fourth-order valence-electron chi connectivity index (χ4n) is 1.38. The molecule has 1 rings (SSSR count). The van der Waals surface area contributed by atoms with Gasteiger partial charge < -0.3 is 15.3 Å². The number of phenols is 1. The van der Waals surface area contributed by atoms with Crippen LogP contribution in [0.1, 0.15) is 29.5 Å². The molecule has 2 unspecified atom stereocenters. The highest BCUT2D eigenvalue weighted by molar-refractivity contribution is 6.31. The molecule has 3 N–H and O–H groups in total. The van der Waals surface area contributed by atoms with Crippen molar-refractivity contribution in [2.45, 2.75) is 18.4 Å². The van der Waals surface area contributed by atoms with Crippen LogP contribution in [0.2, 0.25) is 0 Å². The van der Waals surface area contributed by atoms with Crippen LogP contribution in [0.3, 0.4) is 0 Å². The highest BCUT2D eigenvalue weighted by Gasteiger charge is 2.25. The van der Waals surface area contributed by atoms with Crippen LogP contribution < -0.4 is 0 Å². The molecule has 0 aliphatic carbocycles. The molecule has 0 aliphatic rings. The van der Waals surface area contributed by atoms with Gasteiger partial charge in [-0.05, 0) is 30.2 Å². The minimum atomic E-state index is -1.79. The monoisotopic (exact) mass is 258 g/mol. The van der Waals surface area contributed by atoms with Crippen LogP contribution in [-0.4, -0.2) is 27.1 Å². The summed E-state index contributed by atoms with van der Waals surface area (Å²) < 4.78 is 0. The Hall–Kier alpha value is -1.59. The molecule has 0 spiro atoms. The van der Waals surface area contributed by atoms with E-state index < -0.39 is 23.2 Å². The second kappa shape index (κ2) is 5.16. The largest absolute Gasteiger partial charge is 0.508 e. The topological polar surface area (TPSA) is 94.8 Å². The normalized spacial score (nSPS) is 14.1. The molecule has 0 saturated heterocycles. The number of carbonyl (C=O) groups excluding carboxylic acids is 1. The number of carboxylic acids is 1. The molecule has 0 amide bonds. The van der Waals surface area contributed by atoms with Crippen molar-refractivity contribution in [3.05, 3.63) is 29.3 Å². The van der Waals surface area contributed by atoms with Crippen molar-refractivity contribution in [3.63, 3.8) is 0 Å². The fraction of sp³-hybridized carbons (Fsp3) is 0.273. The van der Waals surface area contributed by atoms with Crippen LogP contribution in [0.15, 0.2) is 18.2 Å². The Balaban J connectivity index is 3.30. The maximum atomic E-state index is 11.2. The SMILES string of the molecule is CC(=O)C(Cl)c1cc(O)ccc1C(O)C(=O)O. The van der Waals surface area contributed by atoms with Crippen LogP contribution >= 0.6 is 11.6 Å². The standard InChI is InChI=1S/C11H11ClO5/c1-5(13)9(12)8-4-6(14)2-3-7(8)10(15)11(16)17/h2-4,9-10,14-15H,1H3,(H,16,17). The summed E-state index contributed by atoms with van der Waals surface area (Å²) in [6.07, 6.45) is -1.79. The predicted octanol–water partition coefficient (Wildman–Crippen LogP) is 1.38. The third-order valence-electron chi connectivity index (χ3n) is 2.23. The number of rotatable bonds is 4. The number of aliphatic carboxylic acids is 1. The number of ketones is 1. The van der Waals surface area contributed by atoms with Crippen molar-refractivity contribution in [1.29, 1.82) is 0 Å². The van der Waals surface area contributed by atoms with Gasteiger partial charge in [0.2, 0.25) is 0 Å². The van der Waals surface area contributed by atoms with E-state index in [2.05, 4.69) is 0 Å². The van der Waals surface area contributed by atoms with E-state index in [-0.39, 0.29) is 16.9 Å². The number of aliphatic hydroxyl groups is 1. The molecule has 92 valence electrons. The van der Waals surface area contributed by atoms with Gasteiger partial charge in [0.1, 0.15) is 11.1 Å². The van der Waals surface area contributed by atoms with Crippen molar-refractivity contribution in [2.24, 2.45) is 0 Å². The molecule has 0 fully saturated rings. The second-order valence-electron chi connectivity index (χ2n) is 3.53. The van der Waals surface area contributed by atoms with Gasteiger partial charge in [-0.25, -0.2) is 4.79 Å². The summed E-state index contributed by atoms with van der Waals surface area (Å²) in [4.78, 5) is 21.8. The molecule has 2 atom stereocenters. The van der Waals surface area contributed by atoms with Crippen LogP contribution in [0.4, 0.5) is 0 Å². The van der Waals surface area contributed by atoms with E-state index in [0.717, 1.165) is 0 Å². The third kappa shape index (κ3) is 2.95. The van der Waals surface area contributed by atoms with Crippen molar-refractivity contribution in [3.8, 4) is 5.75 Å². The number of aromatic hydroxyl groups is 1. The molecule has 0 bridgehead atoms. The van der Waals surface area contributed by atoms with E-state index in [0.29, 0.717) is 0 Å². The van der Waals surface area contributed by atoms with E-state index in [1.165, 1.54) is 25.1 Å². The summed E-state index contributed by atoms with van der Waals surface area (Å²) in [7, 11) is 0. The second-order valence-corrected chi connectivity index (χ2v) is 3.96. The molecule has 0 heterocycles. The summed E-state index contributed by atoms with van der Waals surface area (Å²) in [5.41, 5.74) is 0.0829. The van der Waals surface area contributed by atoms with Crippen molar-refractivity contribution >= 4 is 23.4 Å². The minimum absolute atomic E-state index is 0.00880. The van der Waals surface area contributed by atoms with Gasteiger partial charge in [0.15, 0.2) is 11.9 Å². The molecule has 0 radical (unpaired) electrons. The number of hydrogen-bond acceptors (Lipinski definition) is 4. The molecular weight excluding hydrogens is 248 g/mol. The molecule has 1 aromatic rings. The summed E-state index contributed by atoms with van der Waals surface area (Å²) in [6.45, 7) is 1.23. The lowest BCUT2D eigenvalue weighted by Gasteiger charge is -2.15. The molecule has 17 heavy (non-hydrogen) atoms. The van der Waals surface area contributed by atoms with Gasteiger partial charge in [-0.1, -0.05) is 6.07 Å². The Bertz CT molecular complexity index is 457. The number of phenolic OH excluding ortho intramolecular Hbond substituents is 1. The maximum absolute atomic E-state index is 11.2. The lowest BCUT2D eigenvalue weighted by molar-refractivity contribution is -0.147. The zero-order valence-electron chi connectivity index (χ0n) is 8.92. The lowest BCUT2D eigenvalue weighted by atomic mass is 9.97. The lowest BCUT2D eigenvalue weighted by Crippen LogP contribution is -2.15. The van der Waals surface area contributed by atoms with Gasteiger partial charge >= 0.3 is 5.97 Å². The third-order valence-corrected chi connectivity index (χ3v) is 2.77. The first kappa shape index (κ1) is 13.5. The summed E-state index contributed by atoms with van der Waals surface area (Å²) in [5, 5.41) is 26.3. The van der Waals surface area contributed by atoms with E-state index in [4.69, 9.17) is 16.7 Å². The Labute approximate surface area is 102 Å². The Morgan fingerprint density at radius 3 is 2.35 bits per heavy atom. The van der Waals surface area contributed by atoms with Crippen molar-refractivity contribution in [1.82, 2.24) is 0 Å².